The van der Waals surface area contributed by atoms with Gasteiger partial charge < -0.3 is 20.1 Å². The molecule has 1 aromatic heterocycles. The van der Waals surface area contributed by atoms with Crippen molar-refractivity contribution in [2.75, 3.05) is 19.7 Å². The van der Waals surface area contributed by atoms with Crippen molar-refractivity contribution >= 4 is 12.0 Å². The fourth-order valence-electron chi connectivity index (χ4n) is 2.12. The first kappa shape index (κ1) is 15.2. The number of carbonyl (C=O) groups excluding carboxylic acids is 1. The third-order valence-electron chi connectivity index (χ3n) is 3.23. The Morgan fingerprint density at radius 2 is 2.33 bits per heavy atom. The number of aromatic carboxylic acids is 1. The molecule has 1 aromatic rings. The minimum absolute atomic E-state index is 0.0106. The Labute approximate surface area is 122 Å². The van der Waals surface area contributed by atoms with Gasteiger partial charge in [0.25, 0.3) is 0 Å². The number of amides is 2. The zero-order valence-electron chi connectivity index (χ0n) is 11.9. The second-order valence-corrected chi connectivity index (χ2v) is 5.00. The summed E-state index contributed by atoms with van der Waals surface area (Å²) in [6, 6.07) is 2.92. The van der Waals surface area contributed by atoms with Crippen LogP contribution in [-0.4, -0.2) is 52.8 Å². The third-order valence-corrected chi connectivity index (χ3v) is 3.23. The van der Waals surface area contributed by atoms with Crippen molar-refractivity contribution in [3.05, 3.63) is 29.6 Å². The van der Waals surface area contributed by atoms with E-state index in [1.165, 1.54) is 12.3 Å². The number of aromatic nitrogens is 1. The molecule has 1 atom stereocenters. The minimum Gasteiger partial charge on any atom is -0.477 e. The van der Waals surface area contributed by atoms with Crippen molar-refractivity contribution in [1.82, 2.24) is 15.2 Å². The normalized spacial score (nSPS) is 18.9. The minimum atomic E-state index is -1.07. The third kappa shape index (κ3) is 4.42. The topological polar surface area (TPSA) is 91.8 Å². The number of ether oxygens (including phenoxy) is 1. The van der Waals surface area contributed by atoms with Gasteiger partial charge in [0.05, 0.1) is 6.10 Å². The molecule has 1 fully saturated rings. The van der Waals surface area contributed by atoms with Crippen LogP contribution in [0.25, 0.3) is 0 Å². The maximum absolute atomic E-state index is 12.1. The zero-order valence-corrected chi connectivity index (χ0v) is 11.9. The molecule has 0 saturated carbocycles. The van der Waals surface area contributed by atoms with Crippen LogP contribution in [0.5, 0.6) is 0 Å². The van der Waals surface area contributed by atoms with E-state index in [1.54, 1.807) is 11.0 Å². The van der Waals surface area contributed by atoms with Gasteiger partial charge in [-0.15, -0.1) is 0 Å². The molecule has 7 heteroatoms. The van der Waals surface area contributed by atoms with E-state index in [0.717, 1.165) is 12.0 Å². The second kappa shape index (κ2) is 7.03. The van der Waals surface area contributed by atoms with Crippen LogP contribution < -0.4 is 5.32 Å². The standard InChI is InChI=1S/C14H19N3O4/c1-10-9-17(5-2-6-21-10)14(20)16-8-11-3-4-12(13(18)19)15-7-11/h3-4,7,10H,2,5-6,8-9H2,1H3,(H,16,20)(H,18,19). The molecular weight excluding hydrogens is 274 g/mol. The van der Waals surface area contributed by atoms with E-state index in [2.05, 4.69) is 10.3 Å². The molecule has 0 spiro atoms. The fourth-order valence-corrected chi connectivity index (χ4v) is 2.12. The highest BCUT2D eigenvalue weighted by Gasteiger charge is 2.19. The molecule has 2 heterocycles. The molecule has 7 nitrogen and oxygen atoms in total. The van der Waals surface area contributed by atoms with Crippen molar-refractivity contribution in [2.45, 2.75) is 26.0 Å². The van der Waals surface area contributed by atoms with Crippen LogP contribution in [0, 0.1) is 0 Å². The van der Waals surface area contributed by atoms with Crippen molar-refractivity contribution in [3.63, 3.8) is 0 Å². The monoisotopic (exact) mass is 293 g/mol. The van der Waals surface area contributed by atoms with Gasteiger partial charge in [-0.1, -0.05) is 6.07 Å². The highest BCUT2D eigenvalue weighted by Crippen LogP contribution is 2.06. The summed E-state index contributed by atoms with van der Waals surface area (Å²) in [6.45, 7) is 4.18. The molecular formula is C14H19N3O4. The summed E-state index contributed by atoms with van der Waals surface area (Å²) in [5, 5.41) is 11.6. The molecule has 114 valence electrons. The largest absolute Gasteiger partial charge is 0.477 e. The van der Waals surface area contributed by atoms with Crippen LogP contribution in [0.1, 0.15) is 29.4 Å². The van der Waals surface area contributed by atoms with Crippen LogP contribution in [0.3, 0.4) is 0 Å². The van der Waals surface area contributed by atoms with Gasteiger partial charge in [-0.05, 0) is 25.0 Å². The quantitative estimate of drug-likeness (QED) is 0.870. The molecule has 1 aliphatic heterocycles. The molecule has 2 amide bonds. The summed E-state index contributed by atoms with van der Waals surface area (Å²) < 4.78 is 5.49. The van der Waals surface area contributed by atoms with Crippen LogP contribution in [0.4, 0.5) is 4.79 Å². The number of hydrogen-bond acceptors (Lipinski definition) is 4. The molecule has 1 aliphatic rings. The maximum atomic E-state index is 12.1. The molecule has 2 N–H and O–H groups in total. The van der Waals surface area contributed by atoms with Crippen LogP contribution in [0.15, 0.2) is 18.3 Å². The summed E-state index contributed by atoms with van der Waals surface area (Å²) >= 11 is 0. The number of rotatable bonds is 3. The van der Waals surface area contributed by atoms with Gasteiger partial charge in [-0.2, -0.15) is 0 Å². The lowest BCUT2D eigenvalue weighted by Gasteiger charge is -2.22. The van der Waals surface area contributed by atoms with Gasteiger partial charge in [-0.3, -0.25) is 0 Å². The SMILES string of the molecule is CC1CN(C(=O)NCc2ccc(C(=O)O)nc2)CCCO1. The van der Waals surface area contributed by atoms with E-state index in [-0.39, 0.29) is 17.8 Å². The number of carboxylic acids is 1. The Hall–Kier alpha value is -2.15. The predicted molar refractivity (Wildman–Crippen MR) is 75.0 cm³/mol. The number of carboxylic acid groups (broad SMARTS) is 1. The average Bonchev–Trinajstić information content (AvgIpc) is 2.70. The Kier molecular flexibility index (Phi) is 5.10. The molecule has 1 unspecified atom stereocenters. The first-order chi connectivity index (χ1) is 10.1. The van der Waals surface area contributed by atoms with Gasteiger partial charge >= 0.3 is 12.0 Å². The van der Waals surface area contributed by atoms with Gasteiger partial charge in [0, 0.05) is 32.4 Å². The van der Waals surface area contributed by atoms with Gasteiger partial charge in [-0.25, -0.2) is 14.6 Å². The van der Waals surface area contributed by atoms with Crippen molar-refractivity contribution < 1.29 is 19.4 Å². The van der Waals surface area contributed by atoms with E-state index in [4.69, 9.17) is 9.84 Å². The molecule has 21 heavy (non-hydrogen) atoms. The highest BCUT2D eigenvalue weighted by atomic mass is 16.5. The van der Waals surface area contributed by atoms with Crippen molar-refractivity contribution in [1.29, 1.82) is 0 Å². The Morgan fingerprint density at radius 3 is 3.00 bits per heavy atom. The molecule has 0 aliphatic carbocycles. The fraction of sp³-hybridized carbons (Fsp3) is 0.500. The molecule has 1 saturated heterocycles. The number of urea groups is 1. The van der Waals surface area contributed by atoms with Crippen molar-refractivity contribution in [3.8, 4) is 0 Å². The Morgan fingerprint density at radius 1 is 1.52 bits per heavy atom. The van der Waals surface area contributed by atoms with E-state index in [1.807, 2.05) is 6.92 Å². The second-order valence-electron chi connectivity index (χ2n) is 5.00. The number of carbonyl (C=O) groups is 2. The van der Waals surface area contributed by atoms with Crippen LogP contribution in [0.2, 0.25) is 0 Å². The van der Waals surface area contributed by atoms with Crippen molar-refractivity contribution in [2.24, 2.45) is 0 Å². The predicted octanol–water partition coefficient (Wildman–Crippen LogP) is 1.10. The average molecular weight is 293 g/mol. The Bertz CT molecular complexity index is 503. The smallest absolute Gasteiger partial charge is 0.354 e. The van der Waals surface area contributed by atoms with Gasteiger partial charge in [0.1, 0.15) is 5.69 Å². The summed E-state index contributed by atoms with van der Waals surface area (Å²) in [6.07, 6.45) is 2.32. The number of pyridine rings is 1. The number of hydrogen-bond donors (Lipinski definition) is 2. The van der Waals surface area contributed by atoms with E-state index in [9.17, 15) is 9.59 Å². The Balaban J connectivity index is 1.86. The highest BCUT2D eigenvalue weighted by molar-refractivity contribution is 5.85. The lowest BCUT2D eigenvalue weighted by Crippen LogP contribution is -2.42. The van der Waals surface area contributed by atoms with Gasteiger partial charge in [0.2, 0.25) is 0 Å². The maximum Gasteiger partial charge on any atom is 0.354 e. The first-order valence-electron chi connectivity index (χ1n) is 6.89. The summed E-state index contributed by atoms with van der Waals surface area (Å²) in [5.74, 6) is -1.07. The van der Waals surface area contributed by atoms with E-state index < -0.39 is 5.97 Å². The van der Waals surface area contributed by atoms with Crippen LogP contribution in [-0.2, 0) is 11.3 Å². The lowest BCUT2D eigenvalue weighted by molar-refractivity contribution is 0.0690. The summed E-state index contributed by atoms with van der Waals surface area (Å²) in [4.78, 5) is 28.3. The molecule has 0 aromatic carbocycles. The van der Waals surface area contributed by atoms with E-state index in [0.29, 0.717) is 26.2 Å². The lowest BCUT2D eigenvalue weighted by atomic mass is 10.2. The summed E-state index contributed by atoms with van der Waals surface area (Å²) in [5.41, 5.74) is 0.746. The molecule has 2 rings (SSSR count). The van der Waals surface area contributed by atoms with Crippen LogP contribution >= 0.6 is 0 Å². The van der Waals surface area contributed by atoms with Gasteiger partial charge in [0.15, 0.2) is 0 Å². The molecule has 0 radical (unpaired) electrons. The first-order valence-corrected chi connectivity index (χ1v) is 6.89. The molecule has 0 bridgehead atoms. The number of nitrogens with zero attached hydrogens (tertiary/aromatic N) is 2. The van der Waals surface area contributed by atoms with E-state index >= 15 is 0 Å². The number of nitrogens with one attached hydrogen (secondary N) is 1. The zero-order chi connectivity index (χ0) is 15.2. The summed E-state index contributed by atoms with van der Waals surface area (Å²) in [7, 11) is 0.